The van der Waals surface area contributed by atoms with Gasteiger partial charge in [-0.15, -0.1) is 5.10 Å². The van der Waals surface area contributed by atoms with Crippen molar-refractivity contribution >= 4 is 29.4 Å². The summed E-state index contributed by atoms with van der Waals surface area (Å²) < 4.78 is 16.0. The number of esters is 2. The number of amidine groups is 1. The van der Waals surface area contributed by atoms with Crippen molar-refractivity contribution < 1.29 is 23.8 Å². The first-order valence-corrected chi connectivity index (χ1v) is 11.4. The maximum absolute atomic E-state index is 13.0. The standard InChI is InChI=1S/C26H28N4O5/c1-6-34-20-14-12-19(13-15-20)30-26-27-17(4)21(24(31)33-5)22(18-10-8-16(3)9-11-18)29(26)23(28-30)25(32)35-7-2/h8-15,22H,6-7H2,1-5H3. The Bertz CT molecular complexity index is 1220. The van der Waals surface area contributed by atoms with E-state index in [4.69, 9.17) is 19.2 Å². The van der Waals surface area contributed by atoms with E-state index in [1.165, 1.54) is 7.11 Å². The molecular formula is C26H28N4O5. The highest BCUT2D eigenvalue weighted by Gasteiger charge is 2.47. The summed E-state index contributed by atoms with van der Waals surface area (Å²) in [7, 11) is 1.32. The van der Waals surface area contributed by atoms with Gasteiger partial charge in [0.1, 0.15) is 5.75 Å². The Morgan fingerprint density at radius 3 is 2.23 bits per heavy atom. The lowest BCUT2D eigenvalue weighted by Crippen LogP contribution is -2.47. The Morgan fingerprint density at radius 1 is 0.943 bits per heavy atom. The summed E-state index contributed by atoms with van der Waals surface area (Å²) >= 11 is 0. The fraction of sp³-hybridized carbons (Fsp3) is 0.308. The molecule has 2 aliphatic heterocycles. The van der Waals surface area contributed by atoms with Crippen molar-refractivity contribution in [2.75, 3.05) is 25.3 Å². The minimum absolute atomic E-state index is 0.0268. The molecule has 0 N–H and O–H groups in total. The number of methoxy groups -OCH3 is 1. The van der Waals surface area contributed by atoms with Crippen molar-refractivity contribution in [3.63, 3.8) is 0 Å². The first-order valence-electron chi connectivity index (χ1n) is 11.4. The molecule has 0 spiro atoms. The first-order chi connectivity index (χ1) is 16.9. The maximum Gasteiger partial charge on any atom is 0.376 e. The van der Waals surface area contributed by atoms with Crippen LogP contribution in [-0.4, -0.2) is 49.0 Å². The van der Waals surface area contributed by atoms with E-state index in [0.717, 1.165) is 11.1 Å². The van der Waals surface area contributed by atoms with Crippen LogP contribution in [0, 0.1) is 6.92 Å². The molecule has 0 aliphatic carbocycles. The van der Waals surface area contributed by atoms with E-state index >= 15 is 0 Å². The molecule has 2 aromatic rings. The normalized spacial score (nSPS) is 17.0. The summed E-state index contributed by atoms with van der Waals surface area (Å²) in [5.41, 5.74) is 3.33. The highest BCUT2D eigenvalue weighted by molar-refractivity contribution is 6.41. The molecule has 0 amide bonds. The number of hydrogen-bond acceptors (Lipinski definition) is 9. The molecule has 35 heavy (non-hydrogen) atoms. The largest absolute Gasteiger partial charge is 0.494 e. The fourth-order valence-corrected chi connectivity index (χ4v) is 4.05. The molecule has 0 saturated heterocycles. The van der Waals surface area contributed by atoms with Crippen LogP contribution in [0.4, 0.5) is 5.69 Å². The van der Waals surface area contributed by atoms with Crippen molar-refractivity contribution in [2.24, 2.45) is 10.1 Å². The lowest BCUT2D eigenvalue weighted by molar-refractivity contribution is -0.138. The minimum Gasteiger partial charge on any atom is -0.494 e. The fourth-order valence-electron chi connectivity index (χ4n) is 4.05. The minimum atomic E-state index is -0.689. The number of hydrazone groups is 1. The van der Waals surface area contributed by atoms with Crippen LogP contribution in [-0.2, 0) is 19.1 Å². The van der Waals surface area contributed by atoms with Crippen LogP contribution in [0.3, 0.4) is 0 Å². The molecule has 0 bridgehead atoms. The predicted octanol–water partition coefficient (Wildman–Crippen LogP) is 3.95. The molecule has 0 aromatic heterocycles. The Kier molecular flexibility index (Phi) is 6.86. The number of rotatable bonds is 7. The van der Waals surface area contributed by atoms with Gasteiger partial charge in [0.2, 0.25) is 11.8 Å². The average molecular weight is 477 g/mol. The number of allylic oxidation sites excluding steroid dienone is 1. The number of hydrogen-bond donors (Lipinski definition) is 0. The van der Waals surface area contributed by atoms with E-state index in [2.05, 4.69) is 5.10 Å². The van der Waals surface area contributed by atoms with Gasteiger partial charge in [-0.05, 0) is 57.5 Å². The lowest BCUT2D eigenvalue weighted by atomic mass is 9.93. The van der Waals surface area contributed by atoms with Crippen molar-refractivity contribution in [3.05, 3.63) is 70.9 Å². The van der Waals surface area contributed by atoms with Crippen LogP contribution in [0.1, 0.15) is 37.9 Å². The molecule has 9 nitrogen and oxygen atoms in total. The summed E-state index contributed by atoms with van der Waals surface area (Å²) in [6, 6.07) is 14.4. The molecule has 2 aliphatic rings. The van der Waals surface area contributed by atoms with Gasteiger partial charge in [0.25, 0.3) is 0 Å². The third kappa shape index (κ3) is 4.49. The summed E-state index contributed by atoms with van der Waals surface area (Å²) in [6.45, 7) is 8.09. The Morgan fingerprint density at radius 2 is 1.63 bits per heavy atom. The third-order valence-corrected chi connectivity index (χ3v) is 5.67. The third-order valence-electron chi connectivity index (χ3n) is 5.67. The molecule has 1 unspecified atom stereocenters. The molecule has 182 valence electrons. The summed E-state index contributed by atoms with van der Waals surface area (Å²) in [6.07, 6.45) is 0. The zero-order valence-electron chi connectivity index (χ0n) is 20.4. The molecule has 0 radical (unpaired) electrons. The van der Waals surface area contributed by atoms with Crippen molar-refractivity contribution in [1.29, 1.82) is 0 Å². The molecule has 9 heteroatoms. The van der Waals surface area contributed by atoms with E-state index in [0.29, 0.717) is 35.3 Å². The van der Waals surface area contributed by atoms with Gasteiger partial charge in [-0.3, -0.25) is 4.90 Å². The molecule has 0 saturated carbocycles. The van der Waals surface area contributed by atoms with E-state index in [-0.39, 0.29) is 12.4 Å². The maximum atomic E-state index is 13.0. The van der Waals surface area contributed by atoms with Gasteiger partial charge in [0.15, 0.2) is 0 Å². The van der Waals surface area contributed by atoms with Crippen LogP contribution in [0.2, 0.25) is 0 Å². The Labute approximate surface area is 204 Å². The monoisotopic (exact) mass is 476 g/mol. The molecule has 1 atom stereocenters. The molecular weight excluding hydrogens is 448 g/mol. The molecule has 4 rings (SSSR count). The van der Waals surface area contributed by atoms with E-state index < -0.39 is 18.0 Å². The van der Waals surface area contributed by atoms with Gasteiger partial charge in [-0.2, -0.15) is 5.01 Å². The number of fused-ring (bicyclic) bond motifs is 1. The number of guanidine groups is 1. The van der Waals surface area contributed by atoms with Crippen molar-refractivity contribution in [1.82, 2.24) is 4.90 Å². The van der Waals surface area contributed by atoms with Gasteiger partial charge >= 0.3 is 11.9 Å². The van der Waals surface area contributed by atoms with Crippen molar-refractivity contribution in [3.8, 4) is 5.75 Å². The van der Waals surface area contributed by atoms with Crippen LogP contribution >= 0.6 is 0 Å². The highest BCUT2D eigenvalue weighted by atomic mass is 16.5. The van der Waals surface area contributed by atoms with Crippen LogP contribution in [0.5, 0.6) is 5.75 Å². The predicted molar refractivity (Wildman–Crippen MR) is 132 cm³/mol. The number of aliphatic imine (C=N–C) groups is 1. The Hall–Kier alpha value is -4.14. The van der Waals surface area contributed by atoms with Gasteiger partial charge in [0, 0.05) is 0 Å². The Balaban J connectivity index is 1.89. The zero-order chi connectivity index (χ0) is 25.1. The van der Waals surface area contributed by atoms with E-state index in [9.17, 15) is 9.59 Å². The quantitative estimate of drug-likeness (QED) is 0.559. The number of benzene rings is 2. The van der Waals surface area contributed by atoms with E-state index in [1.807, 2.05) is 62.4 Å². The number of aryl methyl sites for hydroxylation is 1. The number of anilines is 1. The summed E-state index contributed by atoms with van der Waals surface area (Å²) in [5.74, 6) is -0.0194. The number of nitrogens with zero attached hydrogens (tertiary/aromatic N) is 4. The second-order valence-corrected chi connectivity index (χ2v) is 7.97. The number of ether oxygens (including phenoxy) is 3. The second-order valence-electron chi connectivity index (χ2n) is 7.97. The molecule has 0 fully saturated rings. The topological polar surface area (TPSA) is 93.0 Å². The van der Waals surface area contributed by atoms with Gasteiger partial charge < -0.3 is 14.2 Å². The van der Waals surface area contributed by atoms with Crippen molar-refractivity contribution in [2.45, 2.75) is 33.7 Å². The summed E-state index contributed by atoms with van der Waals surface area (Å²) in [5, 5.41) is 6.17. The average Bonchev–Trinajstić information content (AvgIpc) is 3.23. The van der Waals surface area contributed by atoms with Gasteiger partial charge in [-0.1, -0.05) is 29.8 Å². The van der Waals surface area contributed by atoms with Gasteiger partial charge in [0.05, 0.1) is 43.3 Å². The second kappa shape index (κ2) is 10.0. The smallest absolute Gasteiger partial charge is 0.376 e. The van der Waals surface area contributed by atoms with E-state index in [1.54, 1.807) is 23.8 Å². The molecule has 2 heterocycles. The van der Waals surface area contributed by atoms with Crippen LogP contribution in [0.25, 0.3) is 0 Å². The molecule has 2 aromatic carbocycles. The van der Waals surface area contributed by atoms with Crippen LogP contribution in [0.15, 0.2) is 69.9 Å². The van der Waals surface area contributed by atoms with Crippen LogP contribution < -0.4 is 9.75 Å². The number of carbonyl (C=O) groups is 2. The number of carbonyl (C=O) groups excluding carboxylic acids is 2. The summed E-state index contributed by atoms with van der Waals surface area (Å²) in [4.78, 5) is 32.3. The highest BCUT2D eigenvalue weighted by Crippen LogP contribution is 2.40. The zero-order valence-corrected chi connectivity index (χ0v) is 20.4. The lowest BCUT2D eigenvalue weighted by Gasteiger charge is -2.35. The van der Waals surface area contributed by atoms with Gasteiger partial charge in [-0.25, -0.2) is 14.6 Å². The SMILES string of the molecule is CCOC(=O)C1=NN(c2ccc(OCC)cc2)C2=NC(C)=C(C(=O)OC)C(c3ccc(C)cc3)N12. The first kappa shape index (κ1) is 24.0.